The molecule has 1 rings (SSSR count). The molecular formula is C9H6ClF5N2O. The van der Waals surface area contributed by atoms with E-state index in [2.05, 4.69) is 4.98 Å². The van der Waals surface area contributed by atoms with Crippen molar-refractivity contribution in [3.05, 3.63) is 28.6 Å². The zero-order valence-electron chi connectivity index (χ0n) is 8.56. The number of aromatic nitrogens is 1. The Morgan fingerprint density at radius 3 is 2.33 bits per heavy atom. The van der Waals surface area contributed by atoms with E-state index in [9.17, 15) is 26.7 Å². The first-order valence-corrected chi connectivity index (χ1v) is 4.85. The number of carbonyl (C=O) groups excluding carboxylic acids is 1. The number of nitrogens with two attached hydrogens (primary N) is 1. The molecule has 0 aromatic carbocycles. The smallest absolute Gasteiger partial charge is 0.326 e. The van der Waals surface area contributed by atoms with E-state index in [1.54, 1.807) is 0 Å². The Morgan fingerprint density at radius 1 is 1.44 bits per heavy atom. The predicted molar refractivity (Wildman–Crippen MR) is 52.3 cm³/mol. The van der Waals surface area contributed by atoms with Crippen molar-refractivity contribution < 1.29 is 26.7 Å². The molecular weight excluding hydrogens is 283 g/mol. The quantitative estimate of drug-likeness (QED) is 0.687. The lowest BCUT2D eigenvalue weighted by molar-refractivity contribution is -0.138. The first kappa shape index (κ1) is 14.8. The highest BCUT2D eigenvalue weighted by molar-refractivity contribution is 6.68. The van der Waals surface area contributed by atoms with Crippen molar-refractivity contribution in [2.45, 2.75) is 19.1 Å². The predicted octanol–water partition coefficient (Wildman–Crippen LogP) is 2.88. The number of hydrogen-bond acceptors (Lipinski definition) is 3. The molecule has 0 unspecified atom stereocenters. The van der Waals surface area contributed by atoms with Gasteiger partial charge in [0, 0.05) is 12.7 Å². The van der Waals surface area contributed by atoms with Crippen molar-refractivity contribution in [3.8, 4) is 0 Å². The first-order chi connectivity index (χ1) is 8.20. The minimum Gasteiger partial charge on any atom is -0.326 e. The van der Waals surface area contributed by atoms with Gasteiger partial charge in [-0.3, -0.25) is 9.78 Å². The van der Waals surface area contributed by atoms with Gasteiger partial charge in [-0.05, 0) is 17.2 Å². The van der Waals surface area contributed by atoms with Crippen LogP contribution in [0.15, 0.2) is 6.20 Å². The third-order valence-corrected chi connectivity index (χ3v) is 2.28. The molecule has 0 fully saturated rings. The molecule has 9 heteroatoms. The molecule has 0 aliphatic heterocycles. The molecule has 0 radical (unpaired) electrons. The maximum absolute atomic E-state index is 12.8. The van der Waals surface area contributed by atoms with Crippen LogP contribution >= 0.6 is 11.6 Å². The lowest BCUT2D eigenvalue weighted by Crippen LogP contribution is -2.19. The molecule has 0 aliphatic rings. The van der Waals surface area contributed by atoms with Crippen LogP contribution in [0.1, 0.15) is 33.6 Å². The van der Waals surface area contributed by atoms with Crippen molar-refractivity contribution in [1.29, 1.82) is 0 Å². The summed E-state index contributed by atoms with van der Waals surface area (Å²) in [5.41, 5.74) is 0.276. The minimum atomic E-state index is -5.03. The number of halogens is 6. The van der Waals surface area contributed by atoms with E-state index in [4.69, 9.17) is 17.3 Å². The molecule has 1 aromatic heterocycles. The highest BCUT2D eigenvalue weighted by atomic mass is 35.5. The molecule has 0 saturated heterocycles. The summed E-state index contributed by atoms with van der Waals surface area (Å²) in [5.74, 6) is 0. The Balaban J connectivity index is 3.71. The highest BCUT2D eigenvalue weighted by Gasteiger charge is 2.40. The maximum Gasteiger partial charge on any atom is 0.417 e. The van der Waals surface area contributed by atoms with Gasteiger partial charge in [-0.25, -0.2) is 8.78 Å². The fourth-order valence-electron chi connectivity index (χ4n) is 1.41. The topological polar surface area (TPSA) is 56.0 Å². The lowest BCUT2D eigenvalue weighted by atomic mass is 10.0. The molecule has 0 atom stereocenters. The summed E-state index contributed by atoms with van der Waals surface area (Å²) in [6.07, 6.45) is -7.81. The second kappa shape index (κ2) is 5.15. The van der Waals surface area contributed by atoms with Gasteiger partial charge in [0.15, 0.2) is 0 Å². The Bertz CT molecular complexity index is 475. The zero-order valence-corrected chi connectivity index (χ0v) is 9.32. The molecule has 0 bridgehead atoms. The molecule has 3 nitrogen and oxygen atoms in total. The van der Waals surface area contributed by atoms with E-state index in [0.29, 0.717) is 6.20 Å². The Kier molecular flexibility index (Phi) is 4.23. The van der Waals surface area contributed by atoms with Crippen LogP contribution in [0.4, 0.5) is 22.0 Å². The van der Waals surface area contributed by atoms with Crippen molar-refractivity contribution in [2.24, 2.45) is 5.73 Å². The van der Waals surface area contributed by atoms with Crippen LogP contribution in [0.5, 0.6) is 0 Å². The molecule has 100 valence electrons. The van der Waals surface area contributed by atoms with E-state index in [-0.39, 0.29) is 0 Å². The molecule has 0 saturated carbocycles. The molecule has 0 spiro atoms. The Morgan fingerprint density at radius 2 is 2.00 bits per heavy atom. The van der Waals surface area contributed by atoms with Gasteiger partial charge in [-0.2, -0.15) is 13.2 Å². The van der Waals surface area contributed by atoms with Gasteiger partial charge in [0.05, 0.1) is 11.1 Å². The second-order valence-corrected chi connectivity index (χ2v) is 3.54. The largest absolute Gasteiger partial charge is 0.417 e. The summed E-state index contributed by atoms with van der Waals surface area (Å²) in [4.78, 5) is 14.1. The number of carbonyl (C=O) groups is 1. The molecule has 2 N–H and O–H groups in total. The zero-order chi connectivity index (χ0) is 14.1. The van der Waals surface area contributed by atoms with Crippen LogP contribution in [0.25, 0.3) is 0 Å². The van der Waals surface area contributed by atoms with Gasteiger partial charge in [-0.1, -0.05) is 0 Å². The SMILES string of the molecule is NCc1cnc(C(F)F)c(C(=O)Cl)c1C(F)(F)F. The van der Waals surface area contributed by atoms with Gasteiger partial charge in [0.25, 0.3) is 11.7 Å². The van der Waals surface area contributed by atoms with E-state index >= 15 is 0 Å². The van der Waals surface area contributed by atoms with Crippen LogP contribution < -0.4 is 5.73 Å². The molecule has 1 aromatic rings. The van der Waals surface area contributed by atoms with Gasteiger partial charge >= 0.3 is 6.18 Å². The normalized spacial score (nSPS) is 12.0. The highest BCUT2D eigenvalue weighted by Crippen LogP contribution is 2.38. The summed E-state index contributed by atoms with van der Waals surface area (Å²) in [6.45, 7) is -0.609. The van der Waals surface area contributed by atoms with Crippen molar-refractivity contribution in [3.63, 3.8) is 0 Å². The average Bonchev–Trinajstić information content (AvgIpc) is 2.25. The van der Waals surface area contributed by atoms with Crippen molar-refractivity contribution in [1.82, 2.24) is 4.98 Å². The maximum atomic E-state index is 12.8. The third-order valence-electron chi connectivity index (χ3n) is 2.09. The standard InChI is InChI=1S/C9H6ClF5N2O/c10-7(18)4-5(9(13,14)15)3(1-16)2-17-6(4)8(11)12/h2,8H,1,16H2. The number of pyridine rings is 1. The average molecular weight is 289 g/mol. The summed E-state index contributed by atoms with van der Waals surface area (Å²) in [5, 5.41) is -1.65. The van der Waals surface area contributed by atoms with Gasteiger partial charge < -0.3 is 5.73 Å². The van der Waals surface area contributed by atoms with E-state index in [1.807, 2.05) is 0 Å². The lowest BCUT2D eigenvalue weighted by Gasteiger charge is -2.16. The van der Waals surface area contributed by atoms with Gasteiger partial charge in [0.2, 0.25) is 0 Å². The fraction of sp³-hybridized carbons (Fsp3) is 0.333. The monoisotopic (exact) mass is 288 g/mol. The molecule has 1 heterocycles. The summed E-state index contributed by atoms with van der Waals surface area (Å²) < 4.78 is 63.3. The van der Waals surface area contributed by atoms with E-state index < -0.39 is 46.8 Å². The molecule has 0 amide bonds. The van der Waals surface area contributed by atoms with Crippen LogP contribution in [0, 0.1) is 0 Å². The number of hydrogen-bond donors (Lipinski definition) is 1. The number of alkyl halides is 5. The van der Waals surface area contributed by atoms with Crippen LogP contribution in [-0.4, -0.2) is 10.2 Å². The van der Waals surface area contributed by atoms with Crippen molar-refractivity contribution in [2.75, 3.05) is 0 Å². The van der Waals surface area contributed by atoms with E-state index in [1.165, 1.54) is 0 Å². The summed E-state index contributed by atoms with van der Waals surface area (Å²) in [6, 6.07) is 0. The second-order valence-electron chi connectivity index (χ2n) is 3.19. The minimum absolute atomic E-state index is 0.563. The molecule has 0 aliphatic carbocycles. The van der Waals surface area contributed by atoms with Gasteiger partial charge in [0.1, 0.15) is 5.69 Å². The first-order valence-electron chi connectivity index (χ1n) is 4.47. The van der Waals surface area contributed by atoms with Crippen LogP contribution in [0.2, 0.25) is 0 Å². The number of nitrogens with zero attached hydrogens (tertiary/aromatic N) is 1. The van der Waals surface area contributed by atoms with E-state index in [0.717, 1.165) is 0 Å². The molecule has 18 heavy (non-hydrogen) atoms. The Hall–Kier alpha value is -1.28. The van der Waals surface area contributed by atoms with Crippen molar-refractivity contribution >= 4 is 16.8 Å². The number of rotatable bonds is 3. The van der Waals surface area contributed by atoms with Gasteiger partial charge in [-0.15, -0.1) is 0 Å². The Labute approximate surface area is 103 Å². The third kappa shape index (κ3) is 2.75. The van der Waals surface area contributed by atoms with Crippen LogP contribution in [0.3, 0.4) is 0 Å². The van der Waals surface area contributed by atoms with Crippen LogP contribution in [-0.2, 0) is 12.7 Å². The summed E-state index contributed by atoms with van der Waals surface area (Å²) in [7, 11) is 0. The fourth-order valence-corrected chi connectivity index (χ4v) is 1.60. The summed E-state index contributed by atoms with van der Waals surface area (Å²) >= 11 is 4.94.